The first-order valence-corrected chi connectivity index (χ1v) is 7.37. The highest BCUT2D eigenvalue weighted by atomic mass is 16.5. The fourth-order valence-electron chi connectivity index (χ4n) is 3.40. The molecule has 2 aliphatic rings. The lowest BCUT2D eigenvalue weighted by Gasteiger charge is -2.49. The lowest BCUT2D eigenvalue weighted by Crippen LogP contribution is -2.54. The molecule has 0 aromatic heterocycles. The molecule has 2 aliphatic heterocycles. The molecule has 2 saturated heterocycles. The molecule has 3 rings (SSSR count). The molecule has 0 unspecified atom stereocenters. The fraction of sp³-hybridized carbons (Fsp3) is 0.625. The summed E-state index contributed by atoms with van der Waals surface area (Å²) in [5.41, 5.74) is 1.63. The van der Waals surface area contributed by atoms with Crippen LogP contribution in [0.15, 0.2) is 24.3 Å². The Morgan fingerprint density at radius 3 is 2.74 bits per heavy atom. The average Bonchev–Trinajstić information content (AvgIpc) is 2.40. The number of ether oxygens (including phenoxy) is 2. The van der Waals surface area contributed by atoms with Gasteiger partial charge in [0.2, 0.25) is 0 Å². The molecule has 0 saturated carbocycles. The Balaban J connectivity index is 1.86. The summed E-state index contributed by atoms with van der Waals surface area (Å²) in [5.74, 6) is 1.72. The van der Waals surface area contributed by atoms with Gasteiger partial charge in [-0.3, -0.25) is 0 Å². The van der Waals surface area contributed by atoms with Gasteiger partial charge in [0.15, 0.2) is 0 Å². The summed E-state index contributed by atoms with van der Waals surface area (Å²) in [4.78, 5) is 0. The van der Waals surface area contributed by atoms with E-state index in [1.165, 1.54) is 18.4 Å². The molecule has 3 nitrogen and oxygen atoms in total. The second-order valence-electron chi connectivity index (χ2n) is 5.63. The number of piperidine rings is 1. The standard InChI is InChI=1S/C16H23NO2/c1-2-19-15-5-3-4-14(10-15)16(11-18-12-16)13-6-8-17-9-7-13/h3-5,10,13,17H,2,6-9,11-12H2,1H3. The summed E-state index contributed by atoms with van der Waals surface area (Å²) >= 11 is 0. The molecule has 3 heteroatoms. The zero-order chi connectivity index (χ0) is 13.1. The monoisotopic (exact) mass is 261 g/mol. The van der Waals surface area contributed by atoms with E-state index in [0.29, 0.717) is 0 Å². The molecule has 2 fully saturated rings. The van der Waals surface area contributed by atoms with E-state index >= 15 is 0 Å². The zero-order valence-corrected chi connectivity index (χ0v) is 11.7. The number of hydrogen-bond donors (Lipinski definition) is 1. The van der Waals surface area contributed by atoms with Gasteiger partial charge in [-0.2, -0.15) is 0 Å². The van der Waals surface area contributed by atoms with E-state index in [1.807, 2.05) is 13.0 Å². The predicted molar refractivity (Wildman–Crippen MR) is 75.7 cm³/mol. The maximum absolute atomic E-state index is 5.64. The molecule has 0 radical (unpaired) electrons. The van der Waals surface area contributed by atoms with Crippen LogP contribution in [-0.2, 0) is 10.2 Å². The first kappa shape index (κ1) is 12.9. The zero-order valence-electron chi connectivity index (χ0n) is 11.7. The number of nitrogens with one attached hydrogen (secondary N) is 1. The maximum Gasteiger partial charge on any atom is 0.119 e. The minimum atomic E-state index is 0.231. The fourth-order valence-corrected chi connectivity index (χ4v) is 3.40. The van der Waals surface area contributed by atoms with Gasteiger partial charge in [0, 0.05) is 5.41 Å². The van der Waals surface area contributed by atoms with Crippen LogP contribution in [0.25, 0.3) is 0 Å². The van der Waals surface area contributed by atoms with Crippen molar-refractivity contribution in [1.29, 1.82) is 0 Å². The molecule has 0 aliphatic carbocycles. The minimum absolute atomic E-state index is 0.231. The molecule has 0 amide bonds. The second-order valence-corrected chi connectivity index (χ2v) is 5.63. The molecule has 0 spiro atoms. The van der Waals surface area contributed by atoms with Crippen LogP contribution in [0.2, 0.25) is 0 Å². The van der Waals surface area contributed by atoms with Crippen LogP contribution in [0.1, 0.15) is 25.3 Å². The van der Waals surface area contributed by atoms with Gasteiger partial charge in [-0.1, -0.05) is 12.1 Å². The molecule has 1 aromatic rings. The molecule has 0 bridgehead atoms. The Kier molecular flexibility index (Phi) is 3.76. The first-order valence-electron chi connectivity index (χ1n) is 7.37. The summed E-state index contributed by atoms with van der Waals surface area (Å²) in [6.07, 6.45) is 2.50. The molecule has 104 valence electrons. The summed E-state index contributed by atoms with van der Waals surface area (Å²) < 4.78 is 11.2. The Morgan fingerprint density at radius 2 is 2.11 bits per heavy atom. The van der Waals surface area contributed by atoms with E-state index in [2.05, 4.69) is 23.5 Å². The Hall–Kier alpha value is -1.06. The van der Waals surface area contributed by atoms with E-state index < -0.39 is 0 Å². The molecular weight excluding hydrogens is 238 g/mol. The van der Waals surface area contributed by atoms with Crippen molar-refractivity contribution in [2.45, 2.75) is 25.2 Å². The third kappa shape index (κ3) is 2.37. The second kappa shape index (κ2) is 5.51. The lowest BCUT2D eigenvalue weighted by molar-refractivity contribution is -0.0964. The van der Waals surface area contributed by atoms with Crippen molar-refractivity contribution in [3.8, 4) is 5.75 Å². The van der Waals surface area contributed by atoms with Crippen molar-refractivity contribution in [2.75, 3.05) is 32.9 Å². The summed E-state index contributed by atoms with van der Waals surface area (Å²) in [5, 5.41) is 3.45. The van der Waals surface area contributed by atoms with Gasteiger partial charge in [0.25, 0.3) is 0 Å². The topological polar surface area (TPSA) is 30.5 Å². The number of hydrogen-bond acceptors (Lipinski definition) is 3. The van der Waals surface area contributed by atoms with Gasteiger partial charge in [-0.25, -0.2) is 0 Å². The highest BCUT2D eigenvalue weighted by Crippen LogP contribution is 2.44. The van der Waals surface area contributed by atoms with Crippen LogP contribution in [0.3, 0.4) is 0 Å². The molecule has 0 atom stereocenters. The van der Waals surface area contributed by atoms with Crippen molar-refractivity contribution >= 4 is 0 Å². The van der Waals surface area contributed by atoms with Crippen molar-refractivity contribution in [3.05, 3.63) is 29.8 Å². The van der Waals surface area contributed by atoms with Gasteiger partial charge in [-0.05, 0) is 56.5 Å². The SMILES string of the molecule is CCOc1cccc(C2(C3CCNCC3)COC2)c1. The van der Waals surface area contributed by atoms with Crippen LogP contribution >= 0.6 is 0 Å². The van der Waals surface area contributed by atoms with E-state index in [9.17, 15) is 0 Å². The Labute approximate surface area is 115 Å². The summed E-state index contributed by atoms with van der Waals surface area (Å²) in [6.45, 7) is 6.76. The van der Waals surface area contributed by atoms with Crippen molar-refractivity contribution in [3.63, 3.8) is 0 Å². The molecule has 2 heterocycles. The van der Waals surface area contributed by atoms with Gasteiger partial charge in [0.1, 0.15) is 5.75 Å². The van der Waals surface area contributed by atoms with Crippen LogP contribution in [-0.4, -0.2) is 32.9 Å². The van der Waals surface area contributed by atoms with Gasteiger partial charge >= 0.3 is 0 Å². The van der Waals surface area contributed by atoms with Crippen LogP contribution in [0, 0.1) is 5.92 Å². The maximum atomic E-state index is 5.64. The molecule has 19 heavy (non-hydrogen) atoms. The highest BCUT2D eigenvalue weighted by Gasteiger charge is 2.47. The Bertz CT molecular complexity index is 423. The Morgan fingerprint density at radius 1 is 1.32 bits per heavy atom. The van der Waals surface area contributed by atoms with E-state index in [1.54, 1.807) is 0 Å². The average molecular weight is 261 g/mol. The quantitative estimate of drug-likeness (QED) is 0.902. The first-order chi connectivity index (χ1) is 9.35. The number of rotatable bonds is 4. The largest absolute Gasteiger partial charge is 0.494 e. The third-order valence-corrected chi connectivity index (χ3v) is 4.56. The third-order valence-electron chi connectivity index (χ3n) is 4.56. The predicted octanol–water partition coefficient (Wildman–Crippen LogP) is 2.35. The smallest absolute Gasteiger partial charge is 0.119 e. The minimum Gasteiger partial charge on any atom is -0.494 e. The van der Waals surface area contributed by atoms with Crippen molar-refractivity contribution < 1.29 is 9.47 Å². The van der Waals surface area contributed by atoms with Crippen LogP contribution < -0.4 is 10.1 Å². The van der Waals surface area contributed by atoms with Crippen LogP contribution in [0.4, 0.5) is 0 Å². The molecule has 1 N–H and O–H groups in total. The summed E-state index contributed by atoms with van der Waals surface area (Å²) in [7, 11) is 0. The van der Waals surface area contributed by atoms with Crippen LogP contribution in [0.5, 0.6) is 5.75 Å². The molecule has 1 aromatic carbocycles. The lowest BCUT2D eigenvalue weighted by atomic mass is 9.65. The highest BCUT2D eigenvalue weighted by molar-refractivity contribution is 5.36. The van der Waals surface area contributed by atoms with Crippen molar-refractivity contribution in [2.24, 2.45) is 5.92 Å². The van der Waals surface area contributed by atoms with Gasteiger partial charge in [-0.15, -0.1) is 0 Å². The van der Waals surface area contributed by atoms with Gasteiger partial charge in [0.05, 0.1) is 19.8 Å². The van der Waals surface area contributed by atoms with E-state index in [0.717, 1.165) is 44.6 Å². The van der Waals surface area contributed by atoms with E-state index in [-0.39, 0.29) is 5.41 Å². The number of benzene rings is 1. The summed E-state index contributed by atoms with van der Waals surface area (Å²) in [6, 6.07) is 8.62. The van der Waals surface area contributed by atoms with Gasteiger partial charge < -0.3 is 14.8 Å². The molecular formula is C16H23NO2. The van der Waals surface area contributed by atoms with Crippen molar-refractivity contribution in [1.82, 2.24) is 5.32 Å². The van der Waals surface area contributed by atoms with E-state index in [4.69, 9.17) is 9.47 Å². The normalized spacial score (nSPS) is 22.8.